The first-order valence-corrected chi connectivity index (χ1v) is 4.30. The molecule has 1 saturated heterocycles. The molecule has 1 aliphatic heterocycles. The number of nitrogens with two attached hydrogens (primary N) is 1. The van der Waals surface area contributed by atoms with Gasteiger partial charge in [0.15, 0.2) is 0 Å². The van der Waals surface area contributed by atoms with Crippen LogP contribution in [0.2, 0.25) is 0 Å². The van der Waals surface area contributed by atoms with Gasteiger partial charge in [-0.3, -0.25) is 10.1 Å². The summed E-state index contributed by atoms with van der Waals surface area (Å²) >= 11 is 0. The Kier molecular flexibility index (Phi) is 3.24. The summed E-state index contributed by atoms with van der Waals surface area (Å²) in [6.07, 6.45) is 0. The van der Waals surface area contributed by atoms with E-state index in [1.54, 1.807) is 0 Å². The number of primary amides is 1. The van der Waals surface area contributed by atoms with Gasteiger partial charge in [-0.25, -0.2) is 0 Å². The van der Waals surface area contributed by atoms with Crippen LogP contribution in [0.15, 0.2) is 0 Å². The molecule has 76 valence electrons. The third-order valence-electron chi connectivity index (χ3n) is 1.90. The molecule has 0 unspecified atom stereocenters. The van der Waals surface area contributed by atoms with Crippen molar-refractivity contribution in [3.8, 4) is 0 Å². The van der Waals surface area contributed by atoms with E-state index in [0.717, 1.165) is 0 Å². The normalized spacial score (nSPS) is 21.8. The van der Waals surface area contributed by atoms with Gasteiger partial charge in [0, 0.05) is 6.04 Å². The maximum atomic E-state index is 11.2. The van der Waals surface area contributed by atoms with Crippen molar-refractivity contribution >= 4 is 5.91 Å². The Hall–Kier alpha value is -0.650. The number of carbonyl (C=O) groups is 1. The van der Waals surface area contributed by atoms with Gasteiger partial charge < -0.3 is 15.2 Å². The van der Waals surface area contributed by atoms with Gasteiger partial charge in [-0.05, 0) is 13.8 Å². The van der Waals surface area contributed by atoms with Gasteiger partial charge in [-0.1, -0.05) is 0 Å². The van der Waals surface area contributed by atoms with Crippen molar-refractivity contribution < 1.29 is 14.3 Å². The third kappa shape index (κ3) is 2.40. The van der Waals surface area contributed by atoms with Crippen LogP contribution in [0.4, 0.5) is 0 Å². The van der Waals surface area contributed by atoms with Crippen molar-refractivity contribution in [2.75, 3.05) is 20.0 Å². The molecule has 0 aromatic heterocycles. The molecule has 1 amide bonds. The zero-order valence-corrected chi connectivity index (χ0v) is 8.00. The Bertz CT molecular complexity index is 188. The van der Waals surface area contributed by atoms with E-state index in [1.165, 1.54) is 0 Å². The summed E-state index contributed by atoms with van der Waals surface area (Å²) in [6.45, 7) is 4.68. The number of carbonyl (C=O) groups excluding carboxylic acids is 1. The molecule has 13 heavy (non-hydrogen) atoms. The smallest absolute Gasteiger partial charge is 0.242 e. The minimum atomic E-state index is -0.855. The van der Waals surface area contributed by atoms with Crippen molar-refractivity contribution in [1.29, 1.82) is 0 Å². The third-order valence-corrected chi connectivity index (χ3v) is 1.90. The minimum absolute atomic E-state index is 0.165. The molecule has 0 aromatic rings. The Morgan fingerprint density at radius 2 is 2.00 bits per heavy atom. The van der Waals surface area contributed by atoms with E-state index in [4.69, 9.17) is 15.2 Å². The first-order valence-electron chi connectivity index (χ1n) is 4.30. The molecule has 0 radical (unpaired) electrons. The van der Waals surface area contributed by atoms with Crippen molar-refractivity contribution in [1.82, 2.24) is 5.32 Å². The van der Waals surface area contributed by atoms with Crippen LogP contribution in [-0.2, 0) is 14.3 Å². The van der Waals surface area contributed by atoms with Crippen LogP contribution in [0, 0.1) is 0 Å². The summed E-state index contributed by atoms with van der Waals surface area (Å²) in [5.74, 6) is -0.430. The Morgan fingerprint density at radius 3 is 2.38 bits per heavy atom. The second kappa shape index (κ2) is 4.04. The molecule has 0 aliphatic carbocycles. The predicted octanol–water partition coefficient (Wildman–Crippen LogP) is -0.787. The monoisotopic (exact) mass is 188 g/mol. The predicted molar refractivity (Wildman–Crippen MR) is 47.0 cm³/mol. The molecule has 0 atom stereocenters. The summed E-state index contributed by atoms with van der Waals surface area (Å²) in [5, 5.41) is 3.07. The summed E-state index contributed by atoms with van der Waals surface area (Å²) < 4.78 is 10.1. The molecule has 0 spiro atoms. The highest BCUT2D eigenvalue weighted by molar-refractivity contribution is 5.85. The van der Waals surface area contributed by atoms with Crippen LogP contribution >= 0.6 is 0 Å². The Balaban J connectivity index is 2.67. The second-order valence-corrected chi connectivity index (χ2v) is 3.56. The second-order valence-electron chi connectivity index (χ2n) is 3.56. The van der Waals surface area contributed by atoms with E-state index in [0.29, 0.717) is 0 Å². The largest absolute Gasteiger partial charge is 0.368 e. The zero-order chi connectivity index (χ0) is 9.90. The van der Waals surface area contributed by atoms with Gasteiger partial charge >= 0.3 is 0 Å². The van der Waals surface area contributed by atoms with E-state index in [-0.39, 0.29) is 26.0 Å². The molecule has 1 rings (SSSR count). The molecule has 3 N–H and O–H groups in total. The average Bonchev–Trinajstić information content (AvgIpc) is 2.04. The lowest BCUT2D eigenvalue weighted by molar-refractivity contribution is -0.162. The maximum Gasteiger partial charge on any atom is 0.242 e. The lowest BCUT2D eigenvalue weighted by Gasteiger charge is -2.36. The number of amides is 1. The van der Waals surface area contributed by atoms with E-state index < -0.39 is 11.4 Å². The minimum Gasteiger partial charge on any atom is -0.368 e. The molecular formula is C8H16N2O3. The first-order chi connectivity index (χ1) is 6.07. The van der Waals surface area contributed by atoms with E-state index in [2.05, 4.69) is 5.32 Å². The fourth-order valence-electron chi connectivity index (χ4n) is 1.38. The first kappa shape index (κ1) is 10.4. The summed E-state index contributed by atoms with van der Waals surface area (Å²) in [7, 11) is 0. The van der Waals surface area contributed by atoms with Crippen LogP contribution in [0.3, 0.4) is 0 Å². The van der Waals surface area contributed by atoms with Crippen LogP contribution in [-0.4, -0.2) is 37.5 Å². The molecule has 1 fully saturated rings. The van der Waals surface area contributed by atoms with Crippen molar-refractivity contribution in [2.45, 2.75) is 25.4 Å². The highest BCUT2D eigenvalue weighted by Crippen LogP contribution is 2.12. The lowest BCUT2D eigenvalue weighted by Crippen LogP contribution is -2.65. The lowest BCUT2D eigenvalue weighted by atomic mass is 9.99. The fourth-order valence-corrected chi connectivity index (χ4v) is 1.38. The molecule has 1 aliphatic rings. The molecule has 0 saturated carbocycles. The molecule has 5 nitrogen and oxygen atoms in total. The van der Waals surface area contributed by atoms with E-state index in [1.807, 2.05) is 13.8 Å². The van der Waals surface area contributed by atoms with Crippen LogP contribution in [0.1, 0.15) is 13.8 Å². The molecule has 1 heterocycles. The summed E-state index contributed by atoms with van der Waals surface area (Å²) in [5.41, 5.74) is 4.43. The zero-order valence-electron chi connectivity index (χ0n) is 8.00. The SMILES string of the molecule is CC(C)NC1(C(N)=O)COCOC1. The standard InChI is InChI=1S/C8H16N2O3/c1-6(2)10-8(7(9)11)3-12-5-13-4-8/h6,10H,3-5H2,1-2H3,(H2,9,11). The highest BCUT2D eigenvalue weighted by atomic mass is 16.7. The van der Waals surface area contributed by atoms with Gasteiger partial charge in [0.2, 0.25) is 5.91 Å². The van der Waals surface area contributed by atoms with Crippen LogP contribution in [0.25, 0.3) is 0 Å². The number of rotatable bonds is 3. The summed E-state index contributed by atoms with van der Waals surface area (Å²) in [6, 6.07) is 0.165. The van der Waals surface area contributed by atoms with Crippen molar-refractivity contribution in [3.63, 3.8) is 0 Å². The van der Waals surface area contributed by atoms with E-state index in [9.17, 15) is 4.79 Å². The molecule has 0 aromatic carbocycles. The summed E-state index contributed by atoms with van der Waals surface area (Å²) in [4.78, 5) is 11.2. The van der Waals surface area contributed by atoms with E-state index >= 15 is 0 Å². The van der Waals surface area contributed by atoms with Crippen molar-refractivity contribution in [2.24, 2.45) is 5.73 Å². The van der Waals surface area contributed by atoms with Gasteiger partial charge in [0.1, 0.15) is 12.3 Å². The fraction of sp³-hybridized carbons (Fsp3) is 0.875. The van der Waals surface area contributed by atoms with Crippen LogP contribution < -0.4 is 11.1 Å². The molecular weight excluding hydrogens is 172 g/mol. The highest BCUT2D eigenvalue weighted by Gasteiger charge is 2.40. The topological polar surface area (TPSA) is 73.6 Å². The van der Waals surface area contributed by atoms with Gasteiger partial charge in [-0.15, -0.1) is 0 Å². The number of hydrogen-bond acceptors (Lipinski definition) is 4. The quantitative estimate of drug-likeness (QED) is 0.609. The van der Waals surface area contributed by atoms with Crippen LogP contribution in [0.5, 0.6) is 0 Å². The number of hydrogen-bond donors (Lipinski definition) is 2. The van der Waals surface area contributed by atoms with Gasteiger partial charge in [-0.2, -0.15) is 0 Å². The van der Waals surface area contributed by atoms with Gasteiger partial charge in [0.25, 0.3) is 0 Å². The Morgan fingerprint density at radius 1 is 1.46 bits per heavy atom. The molecule has 0 bridgehead atoms. The van der Waals surface area contributed by atoms with Crippen molar-refractivity contribution in [3.05, 3.63) is 0 Å². The number of ether oxygens (including phenoxy) is 2. The maximum absolute atomic E-state index is 11.2. The molecule has 5 heteroatoms. The average molecular weight is 188 g/mol. The Labute approximate surface area is 77.6 Å². The van der Waals surface area contributed by atoms with Gasteiger partial charge in [0.05, 0.1) is 13.2 Å². The number of nitrogens with one attached hydrogen (secondary N) is 1.